The molecule has 2 heterocycles. The molecule has 0 aromatic carbocycles. The summed E-state index contributed by atoms with van der Waals surface area (Å²) in [4.78, 5) is 17.0. The van der Waals surface area contributed by atoms with Gasteiger partial charge < -0.3 is 5.11 Å². The Morgan fingerprint density at radius 3 is 3.24 bits per heavy atom. The van der Waals surface area contributed by atoms with Crippen LogP contribution in [0.25, 0.3) is 0 Å². The number of carboxylic acid groups (broad SMARTS) is 1. The van der Waals surface area contributed by atoms with Crippen molar-refractivity contribution in [2.45, 2.75) is 12.6 Å². The van der Waals surface area contributed by atoms with Crippen molar-refractivity contribution >= 4 is 29.3 Å². The summed E-state index contributed by atoms with van der Waals surface area (Å²) in [5.41, 5.74) is 0.930. The average Bonchev–Trinajstić information content (AvgIpc) is 2.32. The predicted octanol–water partition coefficient (Wildman–Crippen LogP) is 1.74. The molecule has 4 nitrogen and oxygen atoms in total. The van der Waals surface area contributed by atoms with E-state index in [-0.39, 0.29) is 0 Å². The van der Waals surface area contributed by atoms with Crippen LogP contribution in [0.15, 0.2) is 18.5 Å². The minimum Gasteiger partial charge on any atom is -0.480 e. The number of carboxylic acids is 1. The second kappa shape index (κ2) is 5.71. The van der Waals surface area contributed by atoms with Crippen molar-refractivity contribution in [1.29, 1.82) is 0 Å². The third kappa shape index (κ3) is 3.12. The summed E-state index contributed by atoms with van der Waals surface area (Å²) in [6.45, 7) is 1.35. The van der Waals surface area contributed by atoms with Crippen LogP contribution in [0.4, 0.5) is 0 Å². The molecule has 0 bridgehead atoms. The molecule has 1 aromatic rings. The first-order valence-electron chi connectivity index (χ1n) is 5.31. The highest BCUT2D eigenvalue weighted by Gasteiger charge is 2.28. The third-order valence-electron chi connectivity index (χ3n) is 2.75. The fourth-order valence-corrected chi connectivity index (χ4v) is 3.09. The van der Waals surface area contributed by atoms with Gasteiger partial charge in [0.25, 0.3) is 0 Å². The SMILES string of the molecule is O=C(O)C1CSCCN1Cc1ccncc1Cl. The Bertz CT molecular complexity index is 416. The summed E-state index contributed by atoms with van der Waals surface area (Å²) in [6, 6.07) is 1.42. The Labute approximate surface area is 109 Å². The quantitative estimate of drug-likeness (QED) is 0.908. The first-order valence-corrected chi connectivity index (χ1v) is 6.84. The zero-order valence-electron chi connectivity index (χ0n) is 9.17. The molecule has 92 valence electrons. The Balaban J connectivity index is 2.11. The number of hydrogen-bond acceptors (Lipinski definition) is 4. The number of aliphatic carboxylic acids is 1. The van der Waals surface area contributed by atoms with Gasteiger partial charge in [-0.25, -0.2) is 0 Å². The van der Waals surface area contributed by atoms with Gasteiger partial charge in [-0.1, -0.05) is 11.6 Å². The molecule has 2 rings (SSSR count). The first kappa shape index (κ1) is 12.7. The molecule has 1 atom stereocenters. The van der Waals surface area contributed by atoms with Gasteiger partial charge in [0.1, 0.15) is 6.04 Å². The number of hydrogen-bond donors (Lipinski definition) is 1. The smallest absolute Gasteiger partial charge is 0.321 e. The Morgan fingerprint density at radius 1 is 1.71 bits per heavy atom. The monoisotopic (exact) mass is 272 g/mol. The molecule has 0 radical (unpaired) electrons. The minimum absolute atomic E-state index is 0.419. The molecular formula is C11H13ClN2O2S. The molecule has 17 heavy (non-hydrogen) atoms. The maximum atomic E-state index is 11.1. The minimum atomic E-state index is -0.762. The van der Waals surface area contributed by atoms with Crippen molar-refractivity contribution in [2.24, 2.45) is 0 Å². The van der Waals surface area contributed by atoms with Crippen LogP contribution in [0.1, 0.15) is 5.56 Å². The van der Waals surface area contributed by atoms with Gasteiger partial charge in [0.2, 0.25) is 0 Å². The van der Waals surface area contributed by atoms with Crippen LogP contribution in [-0.2, 0) is 11.3 Å². The largest absolute Gasteiger partial charge is 0.480 e. The molecule has 1 aliphatic heterocycles. The summed E-state index contributed by atoms with van der Waals surface area (Å²) in [5, 5.41) is 9.75. The number of thioether (sulfide) groups is 1. The van der Waals surface area contributed by atoms with Crippen LogP contribution in [-0.4, -0.2) is 45.1 Å². The number of carbonyl (C=O) groups is 1. The molecule has 1 fully saturated rings. The zero-order valence-corrected chi connectivity index (χ0v) is 10.7. The van der Waals surface area contributed by atoms with E-state index in [9.17, 15) is 4.79 Å². The molecule has 0 saturated carbocycles. The van der Waals surface area contributed by atoms with Gasteiger partial charge >= 0.3 is 5.97 Å². The molecule has 1 N–H and O–H groups in total. The van der Waals surface area contributed by atoms with Gasteiger partial charge in [0.15, 0.2) is 0 Å². The van der Waals surface area contributed by atoms with E-state index in [4.69, 9.17) is 16.7 Å². The van der Waals surface area contributed by atoms with Crippen molar-refractivity contribution in [2.75, 3.05) is 18.1 Å². The highest BCUT2D eigenvalue weighted by Crippen LogP contribution is 2.22. The first-order chi connectivity index (χ1) is 8.18. The van der Waals surface area contributed by atoms with Crippen LogP contribution in [0.2, 0.25) is 5.02 Å². The van der Waals surface area contributed by atoms with Crippen molar-refractivity contribution < 1.29 is 9.90 Å². The lowest BCUT2D eigenvalue weighted by Gasteiger charge is -2.32. The molecule has 0 aliphatic carbocycles. The fraction of sp³-hybridized carbons (Fsp3) is 0.455. The van der Waals surface area contributed by atoms with Gasteiger partial charge in [0.05, 0.1) is 5.02 Å². The van der Waals surface area contributed by atoms with E-state index in [1.54, 1.807) is 24.2 Å². The second-order valence-electron chi connectivity index (χ2n) is 3.87. The number of pyridine rings is 1. The summed E-state index contributed by atoms with van der Waals surface area (Å²) < 4.78 is 0. The van der Waals surface area contributed by atoms with Gasteiger partial charge in [-0.3, -0.25) is 14.7 Å². The van der Waals surface area contributed by atoms with Crippen molar-refractivity contribution in [1.82, 2.24) is 9.88 Å². The standard InChI is InChI=1S/C11H13ClN2O2S/c12-9-5-13-2-1-8(9)6-14-3-4-17-7-10(14)11(15)16/h1-2,5,10H,3-4,6-7H2,(H,15,16). The van der Waals surface area contributed by atoms with E-state index in [2.05, 4.69) is 4.98 Å². The van der Waals surface area contributed by atoms with Gasteiger partial charge in [0, 0.05) is 37.0 Å². The van der Waals surface area contributed by atoms with Gasteiger partial charge in [-0.15, -0.1) is 0 Å². The van der Waals surface area contributed by atoms with E-state index in [0.29, 0.717) is 17.3 Å². The molecule has 1 saturated heterocycles. The van der Waals surface area contributed by atoms with E-state index < -0.39 is 12.0 Å². The average molecular weight is 273 g/mol. The molecular weight excluding hydrogens is 260 g/mol. The normalized spacial score (nSPS) is 21.4. The zero-order chi connectivity index (χ0) is 12.3. The summed E-state index contributed by atoms with van der Waals surface area (Å²) in [6.07, 6.45) is 3.26. The molecule has 0 spiro atoms. The van der Waals surface area contributed by atoms with Crippen molar-refractivity contribution in [3.8, 4) is 0 Å². The highest BCUT2D eigenvalue weighted by molar-refractivity contribution is 7.99. The molecule has 1 aromatic heterocycles. The lowest BCUT2D eigenvalue weighted by atomic mass is 10.2. The number of aromatic nitrogens is 1. The topological polar surface area (TPSA) is 53.4 Å². The van der Waals surface area contributed by atoms with E-state index in [0.717, 1.165) is 17.9 Å². The highest BCUT2D eigenvalue weighted by atomic mass is 35.5. The van der Waals surface area contributed by atoms with Gasteiger partial charge in [-0.2, -0.15) is 11.8 Å². The molecule has 6 heteroatoms. The summed E-state index contributed by atoms with van der Waals surface area (Å²) in [5.74, 6) is 0.840. The van der Waals surface area contributed by atoms with Crippen LogP contribution in [0, 0.1) is 0 Å². The van der Waals surface area contributed by atoms with Crippen LogP contribution in [0.3, 0.4) is 0 Å². The van der Waals surface area contributed by atoms with Crippen LogP contribution < -0.4 is 0 Å². The van der Waals surface area contributed by atoms with E-state index in [1.165, 1.54) is 0 Å². The van der Waals surface area contributed by atoms with E-state index in [1.807, 2.05) is 11.0 Å². The summed E-state index contributed by atoms with van der Waals surface area (Å²) in [7, 11) is 0. The lowest BCUT2D eigenvalue weighted by molar-refractivity contribution is -0.142. The predicted molar refractivity (Wildman–Crippen MR) is 68.4 cm³/mol. The third-order valence-corrected chi connectivity index (χ3v) is 4.12. The maximum absolute atomic E-state index is 11.1. The number of nitrogens with zero attached hydrogens (tertiary/aromatic N) is 2. The molecule has 1 unspecified atom stereocenters. The van der Waals surface area contributed by atoms with Crippen molar-refractivity contribution in [3.05, 3.63) is 29.0 Å². The number of halogens is 1. The lowest BCUT2D eigenvalue weighted by Crippen LogP contribution is -2.46. The Morgan fingerprint density at radius 2 is 2.53 bits per heavy atom. The Hall–Kier alpha value is -0.780. The van der Waals surface area contributed by atoms with Crippen molar-refractivity contribution in [3.63, 3.8) is 0 Å². The van der Waals surface area contributed by atoms with Gasteiger partial charge in [-0.05, 0) is 11.6 Å². The van der Waals surface area contributed by atoms with Crippen LogP contribution >= 0.6 is 23.4 Å². The Kier molecular flexibility index (Phi) is 4.25. The molecule has 1 aliphatic rings. The second-order valence-corrected chi connectivity index (χ2v) is 5.42. The van der Waals surface area contributed by atoms with E-state index >= 15 is 0 Å². The fourth-order valence-electron chi connectivity index (χ4n) is 1.81. The maximum Gasteiger partial charge on any atom is 0.321 e. The van der Waals surface area contributed by atoms with Crippen LogP contribution in [0.5, 0.6) is 0 Å². The number of rotatable bonds is 3. The molecule has 0 amide bonds. The summed E-state index contributed by atoms with van der Waals surface area (Å²) >= 11 is 7.71.